The van der Waals surface area contributed by atoms with Crippen LogP contribution < -0.4 is 14.4 Å². The van der Waals surface area contributed by atoms with E-state index in [2.05, 4.69) is 40.2 Å². The topological polar surface area (TPSA) is 125 Å². The normalized spacial score (nSPS) is 19.6. The molecule has 1 fully saturated rings. The van der Waals surface area contributed by atoms with E-state index >= 15 is 0 Å². The second kappa shape index (κ2) is 13.4. The Hall–Kier alpha value is -4.22. The molecule has 11 heteroatoms. The molecule has 3 atom stereocenters. The van der Waals surface area contributed by atoms with Gasteiger partial charge in [-0.3, -0.25) is 19.1 Å². The van der Waals surface area contributed by atoms with Gasteiger partial charge < -0.3 is 34.2 Å². The molecule has 242 valence electrons. The summed E-state index contributed by atoms with van der Waals surface area (Å²) in [5, 5.41) is 31.1. The molecule has 45 heavy (non-hydrogen) atoms. The van der Waals surface area contributed by atoms with Crippen LogP contribution in [-0.2, 0) is 22.7 Å². The zero-order chi connectivity index (χ0) is 32.3. The van der Waals surface area contributed by atoms with Gasteiger partial charge in [-0.2, -0.15) is 0 Å². The number of carboxylic acid groups (broad SMARTS) is 1. The molecule has 3 aromatic rings. The summed E-state index contributed by atoms with van der Waals surface area (Å²) >= 11 is 0. The second-order valence-electron chi connectivity index (χ2n) is 13.1. The number of likely N-dealkylation sites (tertiary alicyclic amines) is 1. The molecule has 3 heterocycles. The molecule has 1 saturated heterocycles. The highest BCUT2D eigenvalue weighted by Gasteiger charge is 2.47. The minimum atomic E-state index is -0.964. The number of rotatable bonds is 13. The van der Waals surface area contributed by atoms with Crippen molar-refractivity contribution in [3.8, 4) is 23.3 Å². The van der Waals surface area contributed by atoms with E-state index in [0.717, 1.165) is 40.7 Å². The van der Waals surface area contributed by atoms with E-state index < -0.39 is 23.8 Å². The van der Waals surface area contributed by atoms with Gasteiger partial charge in [0.25, 0.3) is 0 Å². The number of ether oxygens (including phenoxy) is 2. The fraction of sp³-hybridized carbons (Fsp3) is 0.471. The first-order valence-electron chi connectivity index (χ1n) is 15.6. The number of amides is 1. The molecule has 1 aromatic heterocycles. The van der Waals surface area contributed by atoms with Crippen molar-refractivity contribution in [3.63, 3.8) is 0 Å². The van der Waals surface area contributed by atoms with Crippen LogP contribution in [0.3, 0.4) is 0 Å². The van der Waals surface area contributed by atoms with Gasteiger partial charge >= 0.3 is 5.97 Å². The average molecular weight is 622 g/mol. The number of carbonyl (C=O) groups excluding carboxylic acids is 1. The van der Waals surface area contributed by atoms with Crippen molar-refractivity contribution >= 4 is 17.6 Å². The highest BCUT2D eigenvalue weighted by molar-refractivity contribution is 5.95. The number of carbonyl (C=O) groups is 2. The molecule has 3 N–H and O–H groups in total. The maximum Gasteiger partial charge on any atom is 0.308 e. The highest BCUT2D eigenvalue weighted by atomic mass is 16.7. The maximum absolute atomic E-state index is 14.2. The Morgan fingerprint density at radius 2 is 1.73 bits per heavy atom. The molecule has 0 spiro atoms. The van der Waals surface area contributed by atoms with Gasteiger partial charge in [0.1, 0.15) is 6.54 Å². The summed E-state index contributed by atoms with van der Waals surface area (Å²) in [7, 11) is 6.38. The first-order valence-corrected chi connectivity index (χ1v) is 15.6. The summed E-state index contributed by atoms with van der Waals surface area (Å²) in [4.78, 5) is 30.9. The quantitative estimate of drug-likeness (QED) is 0.242. The number of quaternary nitrogens is 1. The molecule has 0 radical (unpaired) electrons. The van der Waals surface area contributed by atoms with Crippen LogP contribution in [0, 0.1) is 5.92 Å². The van der Waals surface area contributed by atoms with Crippen LogP contribution in [0.15, 0.2) is 54.6 Å². The van der Waals surface area contributed by atoms with Crippen LogP contribution >= 0.6 is 0 Å². The van der Waals surface area contributed by atoms with Crippen molar-refractivity contribution < 1.29 is 38.9 Å². The fourth-order valence-corrected chi connectivity index (χ4v) is 6.61. The lowest BCUT2D eigenvalue weighted by Crippen LogP contribution is -2.45. The Bertz CT molecular complexity index is 1490. The predicted octanol–water partition coefficient (Wildman–Crippen LogP) is 4.23. The van der Waals surface area contributed by atoms with Crippen LogP contribution in [-0.4, -0.2) is 94.8 Å². The summed E-state index contributed by atoms with van der Waals surface area (Å²) in [5.41, 5.74) is 2.77. The summed E-state index contributed by atoms with van der Waals surface area (Å²) < 4.78 is 13.2. The lowest BCUT2D eigenvalue weighted by molar-refractivity contribution is -0.884. The lowest BCUT2D eigenvalue weighted by Gasteiger charge is -2.30. The van der Waals surface area contributed by atoms with Gasteiger partial charge in [0.05, 0.1) is 33.6 Å². The van der Waals surface area contributed by atoms with Crippen LogP contribution in [0.5, 0.6) is 23.3 Å². The van der Waals surface area contributed by atoms with E-state index in [4.69, 9.17) is 9.47 Å². The molecular formula is C34H45N4O7+. The number of hydrogen-bond donors (Lipinski definition) is 3. The highest BCUT2D eigenvalue weighted by Crippen LogP contribution is 2.43. The number of unbranched alkanes of at least 4 members (excludes halogenated alkanes) is 1. The number of anilines is 1. The first kappa shape index (κ1) is 32.2. The Kier molecular flexibility index (Phi) is 9.59. The van der Waals surface area contributed by atoms with E-state index in [1.165, 1.54) is 16.7 Å². The zero-order valence-corrected chi connectivity index (χ0v) is 26.6. The van der Waals surface area contributed by atoms with Crippen LogP contribution in [0.1, 0.15) is 43.2 Å². The maximum atomic E-state index is 14.2. The minimum Gasteiger partial charge on any atom is -0.494 e. The summed E-state index contributed by atoms with van der Waals surface area (Å²) in [6.07, 6.45) is 2.05. The summed E-state index contributed by atoms with van der Waals surface area (Å²) in [6, 6.07) is 15.8. The van der Waals surface area contributed by atoms with E-state index in [9.17, 15) is 24.9 Å². The molecule has 2 aromatic carbocycles. The molecule has 0 bridgehead atoms. The smallest absolute Gasteiger partial charge is 0.308 e. The Labute approximate surface area is 264 Å². The summed E-state index contributed by atoms with van der Waals surface area (Å²) in [6.45, 7) is 4.14. The fourth-order valence-electron chi connectivity index (χ4n) is 6.61. The first-order chi connectivity index (χ1) is 21.4. The van der Waals surface area contributed by atoms with Gasteiger partial charge in [-0.25, -0.2) is 0 Å². The number of aromatic hydroxyl groups is 2. The van der Waals surface area contributed by atoms with Gasteiger partial charge in [0, 0.05) is 55.0 Å². The molecule has 0 unspecified atom stereocenters. The SMILES string of the molecule is CCCCN(C(=O)CN1C[C@H](c2ccc3c(c2)OCO3)[C@@H](C(=O)O)[C@@H]1CCn1c(O)ccc1O)c1cccc(C[N+](C)(C)C)c1. The van der Waals surface area contributed by atoms with Gasteiger partial charge in [0.15, 0.2) is 23.3 Å². The van der Waals surface area contributed by atoms with Crippen molar-refractivity contribution in [3.05, 3.63) is 65.7 Å². The van der Waals surface area contributed by atoms with E-state index in [1.807, 2.05) is 34.1 Å². The number of fused-ring (bicyclic) bond motifs is 1. The van der Waals surface area contributed by atoms with Crippen LogP contribution in [0.4, 0.5) is 5.69 Å². The molecule has 11 nitrogen and oxygen atoms in total. The third-order valence-corrected chi connectivity index (χ3v) is 8.70. The number of aliphatic carboxylic acids is 1. The van der Waals surface area contributed by atoms with Crippen molar-refractivity contribution in [2.45, 2.75) is 51.2 Å². The molecule has 2 aliphatic heterocycles. The second-order valence-corrected chi connectivity index (χ2v) is 13.1. The van der Waals surface area contributed by atoms with E-state index in [0.29, 0.717) is 31.0 Å². The third-order valence-electron chi connectivity index (χ3n) is 8.70. The zero-order valence-electron chi connectivity index (χ0n) is 26.6. The van der Waals surface area contributed by atoms with Gasteiger partial charge in [-0.1, -0.05) is 31.5 Å². The molecule has 0 aliphatic carbocycles. The minimum absolute atomic E-state index is 0.0302. The Balaban J connectivity index is 1.45. The number of carboxylic acids is 1. The van der Waals surface area contributed by atoms with Crippen LogP contribution in [0.25, 0.3) is 0 Å². The molecule has 5 rings (SSSR count). The summed E-state index contributed by atoms with van der Waals surface area (Å²) in [5.74, 6) is -1.34. The Morgan fingerprint density at radius 3 is 2.42 bits per heavy atom. The van der Waals surface area contributed by atoms with E-state index in [-0.39, 0.29) is 37.5 Å². The number of aromatic nitrogens is 1. The van der Waals surface area contributed by atoms with Gasteiger partial charge in [-0.05, 0) is 42.7 Å². The van der Waals surface area contributed by atoms with Crippen molar-refractivity contribution in [2.75, 3.05) is 52.5 Å². The van der Waals surface area contributed by atoms with Gasteiger partial charge in [-0.15, -0.1) is 0 Å². The number of benzene rings is 2. The predicted molar refractivity (Wildman–Crippen MR) is 170 cm³/mol. The van der Waals surface area contributed by atoms with Crippen LogP contribution in [0.2, 0.25) is 0 Å². The number of hydrogen-bond acceptors (Lipinski definition) is 7. The van der Waals surface area contributed by atoms with Crippen molar-refractivity contribution in [2.24, 2.45) is 5.92 Å². The Morgan fingerprint density at radius 1 is 1.00 bits per heavy atom. The largest absolute Gasteiger partial charge is 0.494 e. The number of nitrogens with zero attached hydrogens (tertiary/aromatic N) is 4. The van der Waals surface area contributed by atoms with Crippen molar-refractivity contribution in [1.82, 2.24) is 9.47 Å². The van der Waals surface area contributed by atoms with Crippen molar-refractivity contribution in [1.29, 1.82) is 0 Å². The average Bonchev–Trinajstić information content (AvgIpc) is 3.68. The standard InChI is InChI=1S/C34H44N4O7/c1-5-6-15-36(25-9-7-8-23(17-25)21-38(2,3)4)32(41)20-35-19-26(24-10-11-28-29(18-24)45-22-44-28)33(34(42)43)27(35)14-16-37-30(39)12-13-31(37)40/h7-13,17-18,26-27,33H,5-6,14-16,19-22H2,1-4H3,(H2-,39,40,42,43)/p+1/t26-,27+,33-/m1/s1. The monoisotopic (exact) mass is 621 g/mol. The third kappa shape index (κ3) is 7.37. The molecule has 2 aliphatic rings. The van der Waals surface area contributed by atoms with Gasteiger partial charge in [0.2, 0.25) is 12.7 Å². The lowest BCUT2D eigenvalue weighted by atomic mass is 9.84. The molecule has 0 saturated carbocycles. The van der Waals surface area contributed by atoms with E-state index in [1.54, 1.807) is 6.07 Å². The molecular weight excluding hydrogens is 576 g/mol. The molecule has 1 amide bonds.